The van der Waals surface area contributed by atoms with Gasteiger partial charge in [0.1, 0.15) is 18.2 Å². The summed E-state index contributed by atoms with van der Waals surface area (Å²) in [7, 11) is 0. The van der Waals surface area contributed by atoms with Crippen molar-refractivity contribution in [1.82, 2.24) is 4.98 Å². The first kappa shape index (κ1) is 15.2. The molecule has 1 aromatic rings. The molecular weight excluding hydrogens is 290 g/mol. The highest BCUT2D eigenvalue weighted by Gasteiger charge is 2.32. The van der Waals surface area contributed by atoms with Gasteiger partial charge >= 0.3 is 6.18 Å². The van der Waals surface area contributed by atoms with E-state index in [9.17, 15) is 13.2 Å². The van der Waals surface area contributed by atoms with Crippen molar-refractivity contribution in [2.75, 3.05) is 23.7 Å². The maximum Gasteiger partial charge on any atom is 0.405 e. The van der Waals surface area contributed by atoms with E-state index < -0.39 is 12.7 Å². The summed E-state index contributed by atoms with van der Waals surface area (Å²) in [6.45, 7) is 0.804. The fraction of sp³-hybridized carbons (Fsp3) is 0.500. The molecule has 1 heterocycles. The standard InChI is InChI=1S/C10H12Cl2F3N3/c1-2-3-18(5-10(13,14)15)9-7(12)4-6(11)8(16)17-9/h4H,2-3,5H2,1H3,(H2,16,17). The van der Waals surface area contributed by atoms with Crippen LogP contribution >= 0.6 is 23.2 Å². The van der Waals surface area contributed by atoms with Crippen LogP contribution in [0.4, 0.5) is 24.8 Å². The molecule has 0 radical (unpaired) electrons. The van der Waals surface area contributed by atoms with Gasteiger partial charge in [-0.15, -0.1) is 0 Å². The minimum absolute atomic E-state index is 0.00209. The highest BCUT2D eigenvalue weighted by molar-refractivity contribution is 6.37. The number of halogens is 5. The van der Waals surface area contributed by atoms with Crippen molar-refractivity contribution in [3.8, 4) is 0 Å². The molecule has 1 rings (SSSR count). The Morgan fingerprint density at radius 2 is 1.94 bits per heavy atom. The van der Waals surface area contributed by atoms with E-state index in [0.29, 0.717) is 6.42 Å². The van der Waals surface area contributed by atoms with Crippen LogP contribution in [0.2, 0.25) is 10.0 Å². The lowest BCUT2D eigenvalue weighted by Crippen LogP contribution is -2.35. The first-order chi connectivity index (χ1) is 8.24. The number of nitrogens with zero attached hydrogens (tertiary/aromatic N) is 2. The van der Waals surface area contributed by atoms with Gasteiger partial charge in [0.2, 0.25) is 0 Å². The van der Waals surface area contributed by atoms with Crippen LogP contribution < -0.4 is 10.6 Å². The number of hydrogen-bond acceptors (Lipinski definition) is 3. The molecule has 0 aromatic carbocycles. The van der Waals surface area contributed by atoms with E-state index in [4.69, 9.17) is 28.9 Å². The maximum absolute atomic E-state index is 12.5. The van der Waals surface area contributed by atoms with Crippen LogP contribution in [-0.4, -0.2) is 24.2 Å². The largest absolute Gasteiger partial charge is 0.405 e. The SMILES string of the molecule is CCCN(CC(F)(F)F)c1nc(N)c(Cl)cc1Cl. The van der Waals surface area contributed by atoms with Crippen LogP contribution in [0.3, 0.4) is 0 Å². The Balaban J connectivity index is 3.09. The van der Waals surface area contributed by atoms with Crippen molar-refractivity contribution in [2.45, 2.75) is 19.5 Å². The maximum atomic E-state index is 12.5. The van der Waals surface area contributed by atoms with E-state index >= 15 is 0 Å². The lowest BCUT2D eigenvalue weighted by atomic mass is 10.3. The molecule has 0 aliphatic rings. The predicted molar refractivity (Wildman–Crippen MR) is 67.2 cm³/mol. The minimum atomic E-state index is -4.34. The van der Waals surface area contributed by atoms with Crippen LogP contribution in [0, 0.1) is 0 Å². The van der Waals surface area contributed by atoms with Crippen LogP contribution in [0.15, 0.2) is 6.07 Å². The van der Waals surface area contributed by atoms with Gasteiger partial charge in [0.05, 0.1) is 10.0 Å². The van der Waals surface area contributed by atoms with Gasteiger partial charge in [-0.1, -0.05) is 30.1 Å². The van der Waals surface area contributed by atoms with E-state index in [1.165, 1.54) is 6.07 Å². The fourth-order valence-corrected chi connectivity index (χ4v) is 1.92. The number of pyridine rings is 1. The van der Waals surface area contributed by atoms with E-state index in [2.05, 4.69) is 4.98 Å². The predicted octanol–water partition coefficient (Wildman–Crippen LogP) is 3.75. The summed E-state index contributed by atoms with van der Waals surface area (Å²) in [6, 6.07) is 1.29. The van der Waals surface area contributed by atoms with Gasteiger partial charge in [0.25, 0.3) is 0 Å². The third-order valence-electron chi connectivity index (χ3n) is 2.10. The van der Waals surface area contributed by atoms with E-state index in [-0.39, 0.29) is 28.2 Å². The molecule has 102 valence electrons. The Morgan fingerprint density at radius 1 is 1.33 bits per heavy atom. The monoisotopic (exact) mass is 301 g/mol. The third-order valence-corrected chi connectivity index (χ3v) is 2.68. The zero-order chi connectivity index (χ0) is 13.9. The second-order valence-corrected chi connectivity index (χ2v) is 4.51. The molecule has 0 saturated heterocycles. The third kappa shape index (κ3) is 4.10. The van der Waals surface area contributed by atoms with Gasteiger partial charge in [-0.05, 0) is 12.5 Å². The Morgan fingerprint density at radius 3 is 2.44 bits per heavy atom. The quantitative estimate of drug-likeness (QED) is 0.921. The molecule has 0 fully saturated rings. The van der Waals surface area contributed by atoms with Crippen molar-refractivity contribution in [3.05, 3.63) is 16.1 Å². The summed E-state index contributed by atoms with van der Waals surface area (Å²) < 4.78 is 37.4. The van der Waals surface area contributed by atoms with Gasteiger partial charge in [0, 0.05) is 6.54 Å². The fourth-order valence-electron chi connectivity index (χ4n) is 1.44. The van der Waals surface area contributed by atoms with Crippen LogP contribution in [0.1, 0.15) is 13.3 Å². The van der Waals surface area contributed by atoms with Crippen molar-refractivity contribution in [3.63, 3.8) is 0 Å². The Hall–Kier alpha value is -0.880. The van der Waals surface area contributed by atoms with Gasteiger partial charge < -0.3 is 10.6 Å². The average Bonchev–Trinajstić information content (AvgIpc) is 2.21. The van der Waals surface area contributed by atoms with Crippen LogP contribution in [0.5, 0.6) is 0 Å². The number of aromatic nitrogens is 1. The van der Waals surface area contributed by atoms with Gasteiger partial charge in [-0.25, -0.2) is 4.98 Å². The number of hydrogen-bond donors (Lipinski definition) is 1. The Bertz CT molecular complexity index is 424. The molecule has 0 aliphatic heterocycles. The number of nitrogen functional groups attached to an aromatic ring is 1. The van der Waals surface area contributed by atoms with Gasteiger partial charge in [-0.3, -0.25) is 0 Å². The lowest BCUT2D eigenvalue weighted by Gasteiger charge is -2.25. The minimum Gasteiger partial charge on any atom is -0.382 e. The molecular formula is C10H12Cl2F3N3. The van der Waals surface area contributed by atoms with Crippen molar-refractivity contribution in [2.24, 2.45) is 0 Å². The molecule has 0 bridgehead atoms. The number of alkyl halides is 3. The van der Waals surface area contributed by atoms with Gasteiger partial charge in [0.15, 0.2) is 0 Å². The van der Waals surface area contributed by atoms with Crippen LogP contribution in [0.25, 0.3) is 0 Å². The molecule has 0 spiro atoms. The average molecular weight is 302 g/mol. The second-order valence-electron chi connectivity index (χ2n) is 3.70. The molecule has 0 amide bonds. The summed E-state index contributed by atoms with van der Waals surface area (Å²) in [6.07, 6.45) is -3.81. The zero-order valence-corrected chi connectivity index (χ0v) is 11.1. The number of nitrogens with two attached hydrogens (primary N) is 1. The summed E-state index contributed by atoms with van der Waals surface area (Å²) >= 11 is 11.5. The van der Waals surface area contributed by atoms with E-state index in [1.807, 2.05) is 0 Å². The molecule has 8 heteroatoms. The number of anilines is 2. The summed E-state index contributed by atoms with van der Waals surface area (Å²) in [5.74, 6) is -0.0444. The molecule has 0 saturated carbocycles. The summed E-state index contributed by atoms with van der Waals surface area (Å²) in [5.41, 5.74) is 5.48. The number of rotatable bonds is 4. The van der Waals surface area contributed by atoms with Crippen molar-refractivity contribution in [1.29, 1.82) is 0 Å². The smallest absolute Gasteiger partial charge is 0.382 e. The summed E-state index contributed by atoms with van der Waals surface area (Å²) in [4.78, 5) is 4.85. The Kier molecular flexibility index (Phi) is 4.92. The normalized spacial score (nSPS) is 11.7. The van der Waals surface area contributed by atoms with E-state index in [0.717, 1.165) is 4.90 Å². The molecule has 2 N–H and O–H groups in total. The lowest BCUT2D eigenvalue weighted by molar-refractivity contribution is -0.119. The molecule has 0 unspecified atom stereocenters. The molecule has 18 heavy (non-hydrogen) atoms. The molecule has 3 nitrogen and oxygen atoms in total. The summed E-state index contributed by atoms with van der Waals surface area (Å²) in [5, 5.41) is 0.166. The topological polar surface area (TPSA) is 42.2 Å². The first-order valence-corrected chi connectivity index (χ1v) is 5.93. The van der Waals surface area contributed by atoms with Gasteiger partial charge in [-0.2, -0.15) is 13.2 Å². The van der Waals surface area contributed by atoms with Crippen LogP contribution in [-0.2, 0) is 0 Å². The van der Waals surface area contributed by atoms with Crippen molar-refractivity contribution >= 4 is 34.8 Å². The Labute approximate surface area is 113 Å². The molecule has 0 atom stereocenters. The highest BCUT2D eigenvalue weighted by Crippen LogP contribution is 2.31. The molecule has 0 aliphatic carbocycles. The highest BCUT2D eigenvalue weighted by atomic mass is 35.5. The van der Waals surface area contributed by atoms with Crippen molar-refractivity contribution < 1.29 is 13.2 Å². The second kappa shape index (κ2) is 5.84. The molecule has 1 aromatic heterocycles. The first-order valence-electron chi connectivity index (χ1n) is 5.17. The van der Waals surface area contributed by atoms with E-state index in [1.54, 1.807) is 6.92 Å². The zero-order valence-electron chi connectivity index (χ0n) is 9.56.